The number of hydrogen-bond donors (Lipinski definition) is 0. The molecule has 1 heterocycles. The maximum Gasteiger partial charge on any atom is 0.337 e. The lowest BCUT2D eigenvalue weighted by atomic mass is 10.1. The van der Waals surface area contributed by atoms with Gasteiger partial charge in [0.25, 0.3) is 0 Å². The van der Waals surface area contributed by atoms with E-state index in [1.807, 2.05) is 43.4 Å². The largest absolute Gasteiger partial charge is 0.465 e. The standard InChI is InChI=1S/C18H17N3O2/c1-21(11-13-7-9-14(10-8-13)18(22)23-2)17-15-5-3-4-6-16(15)19-12-20-17/h3-10,12H,11H2,1-2H3. The van der Waals surface area contributed by atoms with Gasteiger partial charge in [-0.2, -0.15) is 0 Å². The number of carbonyl (C=O) groups excluding carboxylic acids is 1. The summed E-state index contributed by atoms with van der Waals surface area (Å²) >= 11 is 0. The molecule has 0 aliphatic heterocycles. The van der Waals surface area contributed by atoms with Crippen LogP contribution in [-0.4, -0.2) is 30.1 Å². The fraction of sp³-hybridized carbons (Fsp3) is 0.167. The Labute approximate surface area is 134 Å². The van der Waals surface area contributed by atoms with Crippen LogP contribution in [0, 0.1) is 0 Å². The van der Waals surface area contributed by atoms with Crippen LogP contribution in [-0.2, 0) is 11.3 Å². The predicted octanol–water partition coefficient (Wildman–Crippen LogP) is 3.05. The van der Waals surface area contributed by atoms with Crippen molar-refractivity contribution in [2.24, 2.45) is 0 Å². The smallest absolute Gasteiger partial charge is 0.337 e. The van der Waals surface area contributed by atoms with Crippen LogP contribution in [0.2, 0.25) is 0 Å². The van der Waals surface area contributed by atoms with Crippen molar-refractivity contribution >= 4 is 22.7 Å². The van der Waals surface area contributed by atoms with Crippen LogP contribution in [0.25, 0.3) is 10.9 Å². The van der Waals surface area contributed by atoms with Crippen molar-refractivity contribution in [2.75, 3.05) is 19.1 Å². The third-order valence-electron chi connectivity index (χ3n) is 3.68. The van der Waals surface area contributed by atoms with E-state index in [1.165, 1.54) is 7.11 Å². The highest BCUT2D eigenvalue weighted by Gasteiger charge is 2.10. The van der Waals surface area contributed by atoms with E-state index in [9.17, 15) is 4.79 Å². The molecular formula is C18H17N3O2. The van der Waals surface area contributed by atoms with Crippen LogP contribution in [0.1, 0.15) is 15.9 Å². The number of rotatable bonds is 4. The Morgan fingerprint density at radius 1 is 1.09 bits per heavy atom. The SMILES string of the molecule is COC(=O)c1ccc(CN(C)c2ncnc3ccccc23)cc1. The van der Waals surface area contributed by atoms with E-state index in [1.54, 1.807) is 18.5 Å². The molecule has 0 bridgehead atoms. The van der Waals surface area contributed by atoms with Gasteiger partial charge in [-0.3, -0.25) is 0 Å². The van der Waals surface area contributed by atoms with Gasteiger partial charge in [0, 0.05) is 19.0 Å². The van der Waals surface area contributed by atoms with Gasteiger partial charge in [0.15, 0.2) is 0 Å². The summed E-state index contributed by atoms with van der Waals surface area (Å²) in [6, 6.07) is 15.3. The first kappa shape index (κ1) is 15.0. The van der Waals surface area contributed by atoms with Crippen molar-refractivity contribution in [3.8, 4) is 0 Å². The highest BCUT2D eigenvalue weighted by atomic mass is 16.5. The van der Waals surface area contributed by atoms with Crippen molar-refractivity contribution in [3.63, 3.8) is 0 Å². The molecule has 5 nitrogen and oxygen atoms in total. The number of esters is 1. The summed E-state index contributed by atoms with van der Waals surface area (Å²) in [5, 5.41) is 1.02. The molecule has 1 aromatic heterocycles. The molecule has 0 aliphatic carbocycles. The molecule has 5 heteroatoms. The monoisotopic (exact) mass is 307 g/mol. The molecule has 0 spiro atoms. The van der Waals surface area contributed by atoms with Gasteiger partial charge in [-0.1, -0.05) is 24.3 Å². The maximum absolute atomic E-state index is 11.5. The number of nitrogens with zero attached hydrogens (tertiary/aromatic N) is 3. The molecule has 23 heavy (non-hydrogen) atoms. The van der Waals surface area contributed by atoms with Gasteiger partial charge in [-0.25, -0.2) is 14.8 Å². The van der Waals surface area contributed by atoms with Crippen molar-refractivity contribution < 1.29 is 9.53 Å². The van der Waals surface area contributed by atoms with Crippen LogP contribution >= 0.6 is 0 Å². The molecule has 0 aliphatic rings. The Balaban J connectivity index is 1.83. The Morgan fingerprint density at radius 3 is 2.57 bits per heavy atom. The average molecular weight is 307 g/mol. The summed E-state index contributed by atoms with van der Waals surface area (Å²) in [6.07, 6.45) is 1.58. The summed E-state index contributed by atoms with van der Waals surface area (Å²) in [4.78, 5) is 22.2. The number of ether oxygens (including phenoxy) is 1. The Kier molecular flexibility index (Phi) is 4.19. The second kappa shape index (κ2) is 6.44. The fourth-order valence-electron chi connectivity index (χ4n) is 2.51. The summed E-state index contributed by atoms with van der Waals surface area (Å²) in [5.74, 6) is 0.555. The molecule has 116 valence electrons. The topological polar surface area (TPSA) is 55.3 Å². The number of benzene rings is 2. The molecule has 0 amide bonds. The number of methoxy groups -OCH3 is 1. The second-order valence-electron chi connectivity index (χ2n) is 5.26. The lowest BCUT2D eigenvalue weighted by molar-refractivity contribution is 0.0600. The van der Waals surface area contributed by atoms with Gasteiger partial charge in [0.1, 0.15) is 12.1 Å². The lowest BCUT2D eigenvalue weighted by Gasteiger charge is -2.19. The van der Waals surface area contributed by atoms with Crippen LogP contribution in [0.3, 0.4) is 0 Å². The number of para-hydroxylation sites is 1. The van der Waals surface area contributed by atoms with E-state index in [-0.39, 0.29) is 5.97 Å². The molecule has 0 unspecified atom stereocenters. The number of fused-ring (bicyclic) bond motifs is 1. The van der Waals surface area contributed by atoms with Gasteiger partial charge in [-0.15, -0.1) is 0 Å². The van der Waals surface area contributed by atoms with Crippen molar-refractivity contribution in [1.29, 1.82) is 0 Å². The van der Waals surface area contributed by atoms with Gasteiger partial charge in [-0.05, 0) is 29.8 Å². The number of anilines is 1. The third kappa shape index (κ3) is 3.13. The van der Waals surface area contributed by atoms with E-state index in [0.29, 0.717) is 12.1 Å². The number of hydrogen-bond acceptors (Lipinski definition) is 5. The van der Waals surface area contributed by atoms with Crippen LogP contribution in [0.15, 0.2) is 54.9 Å². The van der Waals surface area contributed by atoms with E-state index in [4.69, 9.17) is 4.74 Å². The Hall–Kier alpha value is -2.95. The minimum atomic E-state index is -0.327. The summed E-state index contributed by atoms with van der Waals surface area (Å²) < 4.78 is 4.71. The quantitative estimate of drug-likeness (QED) is 0.693. The van der Waals surface area contributed by atoms with E-state index in [2.05, 4.69) is 14.9 Å². The summed E-state index contributed by atoms with van der Waals surface area (Å²) in [6.45, 7) is 0.683. The maximum atomic E-state index is 11.5. The molecule has 0 radical (unpaired) electrons. The molecule has 3 aromatic rings. The molecule has 0 saturated carbocycles. The first-order valence-electron chi connectivity index (χ1n) is 7.27. The Morgan fingerprint density at radius 2 is 1.83 bits per heavy atom. The Bertz CT molecular complexity index is 826. The first-order chi connectivity index (χ1) is 11.2. The number of carbonyl (C=O) groups is 1. The minimum Gasteiger partial charge on any atom is -0.465 e. The zero-order valence-electron chi connectivity index (χ0n) is 13.1. The molecular weight excluding hydrogens is 290 g/mol. The van der Waals surface area contributed by atoms with Crippen LogP contribution in [0.4, 0.5) is 5.82 Å². The van der Waals surface area contributed by atoms with Gasteiger partial charge >= 0.3 is 5.97 Å². The van der Waals surface area contributed by atoms with Crippen molar-refractivity contribution in [1.82, 2.24) is 9.97 Å². The van der Waals surface area contributed by atoms with Crippen LogP contribution < -0.4 is 4.90 Å². The zero-order valence-corrected chi connectivity index (χ0v) is 13.1. The lowest BCUT2D eigenvalue weighted by Crippen LogP contribution is -2.18. The molecule has 0 saturated heterocycles. The highest BCUT2D eigenvalue weighted by Crippen LogP contribution is 2.22. The molecule has 0 atom stereocenters. The van der Waals surface area contributed by atoms with Gasteiger partial charge in [0.05, 0.1) is 18.2 Å². The fourth-order valence-corrected chi connectivity index (χ4v) is 2.51. The molecule has 0 N–H and O–H groups in total. The van der Waals surface area contributed by atoms with E-state index in [0.717, 1.165) is 22.3 Å². The normalized spacial score (nSPS) is 10.5. The number of aromatic nitrogens is 2. The van der Waals surface area contributed by atoms with Crippen molar-refractivity contribution in [3.05, 3.63) is 66.0 Å². The third-order valence-corrected chi connectivity index (χ3v) is 3.68. The molecule has 2 aromatic carbocycles. The minimum absolute atomic E-state index is 0.327. The van der Waals surface area contributed by atoms with E-state index < -0.39 is 0 Å². The van der Waals surface area contributed by atoms with E-state index >= 15 is 0 Å². The van der Waals surface area contributed by atoms with Gasteiger partial charge < -0.3 is 9.64 Å². The first-order valence-corrected chi connectivity index (χ1v) is 7.27. The average Bonchev–Trinajstić information content (AvgIpc) is 2.61. The summed E-state index contributed by atoms with van der Waals surface area (Å²) in [5.41, 5.74) is 2.56. The molecule has 0 fully saturated rings. The van der Waals surface area contributed by atoms with Gasteiger partial charge in [0.2, 0.25) is 0 Å². The zero-order chi connectivity index (χ0) is 16.2. The molecule has 3 rings (SSSR count). The highest BCUT2D eigenvalue weighted by molar-refractivity contribution is 5.90. The summed E-state index contributed by atoms with van der Waals surface area (Å²) in [7, 11) is 3.37. The second-order valence-corrected chi connectivity index (χ2v) is 5.26. The predicted molar refractivity (Wildman–Crippen MR) is 89.4 cm³/mol. The van der Waals surface area contributed by atoms with Crippen LogP contribution in [0.5, 0.6) is 0 Å². The van der Waals surface area contributed by atoms with Crippen molar-refractivity contribution in [2.45, 2.75) is 6.54 Å².